The van der Waals surface area contributed by atoms with E-state index in [0.29, 0.717) is 0 Å². The molecular formula is C13H14N2. The molecule has 1 aromatic carbocycles. The third-order valence-electron chi connectivity index (χ3n) is 2.41. The van der Waals surface area contributed by atoms with Gasteiger partial charge in [-0.2, -0.15) is 0 Å². The average molecular weight is 198 g/mol. The molecule has 0 aliphatic rings. The number of hydrogen-bond acceptors (Lipinski definition) is 2. The van der Waals surface area contributed by atoms with Crippen LogP contribution in [0.4, 0.5) is 5.69 Å². The van der Waals surface area contributed by atoms with E-state index in [1.165, 1.54) is 5.56 Å². The number of nitrogens with two attached hydrogens (primary N) is 1. The minimum absolute atomic E-state index is 0.752. The Bertz CT molecular complexity index is 464. The first-order chi connectivity index (χ1) is 7.29. The summed E-state index contributed by atoms with van der Waals surface area (Å²) in [5.74, 6) is 0. The Morgan fingerprint density at radius 1 is 1.20 bits per heavy atom. The van der Waals surface area contributed by atoms with Gasteiger partial charge in [0, 0.05) is 17.4 Å². The molecule has 0 aliphatic heterocycles. The molecule has 76 valence electrons. The van der Waals surface area contributed by atoms with Crippen molar-refractivity contribution in [2.24, 2.45) is 0 Å². The zero-order valence-electron chi connectivity index (χ0n) is 8.77. The molecule has 0 fully saturated rings. The molecule has 2 aromatic rings. The Hall–Kier alpha value is -1.83. The molecule has 0 aliphatic carbocycles. The number of aromatic nitrogens is 1. The molecule has 2 N–H and O–H groups in total. The summed E-state index contributed by atoms with van der Waals surface area (Å²) >= 11 is 0. The Labute approximate surface area is 89.8 Å². The fraction of sp³-hybridized carbons (Fsp3) is 0.154. The summed E-state index contributed by atoms with van der Waals surface area (Å²) < 4.78 is 0. The number of nitrogens with zero attached hydrogens (tertiary/aromatic N) is 1. The highest BCUT2D eigenvalue weighted by molar-refractivity contribution is 5.63. The van der Waals surface area contributed by atoms with Crippen molar-refractivity contribution in [1.82, 2.24) is 4.98 Å². The minimum atomic E-state index is 0.752. The first-order valence-corrected chi connectivity index (χ1v) is 5.10. The molecule has 0 radical (unpaired) electrons. The van der Waals surface area contributed by atoms with Crippen molar-refractivity contribution in [3.8, 4) is 11.3 Å². The molecule has 0 saturated carbocycles. The highest BCUT2D eigenvalue weighted by atomic mass is 14.7. The van der Waals surface area contributed by atoms with Crippen LogP contribution in [-0.2, 0) is 6.42 Å². The van der Waals surface area contributed by atoms with Gasteiger partial charge in [0.15, 0.2) is 0 Å². The number of hydrogen-bond donors (Lipinski definition) is 1. The molecule has 0 amide bonds. The van der Waals surface area contributed by atoms with Crippen LogP contribution in [0.5, 0.6) is 0 Å². The summed E-state index contributed by atoms with van der Waals surface area (Å²) in [5.41, 5.74) is 9.86. The lowest BCUT2D eigenvalue weighted by molar-refractivity contribution is 1.14. The standard InChI is InChI=1S/C13H14N2/c1-2-10-4-3-5-11(8-10)13-9-12(14)6-7-15-13/h3-9H,2H2,1H3,(H2,14,15). The SMILES string of the molecule is CCc1cccc(-c2cc(N)ccn2)c1. The number of nitrogen functional groups attached to an aromatic ring is 1. The lowest BCUT2D eigenvalue weighted by atomic mass is 10.1. The monoisotopic (exact) mass is 198 g/mol. The van der Waals surface area contributed by atoms with E-state index in [4.69, 9.17) is 5.73 Å². The Morgan fingerprint density at radius 2 is 2.07 bits per heavy atom. The molecule has 2 heteroatoms. The van der Waals surface area contributed by atoms with Crippen LogP contribution >= 0.6 is 0 Å². The molecular weight excluding hydrogens is 184 g/mol. The summed E-state index contributed by atoms with van der Waals surface area (Å²) in [6, 6.07) is 12.1. The van der Waals surface area contributed by atoms with Crippen LogP contribution in [0.1, 0.15) is 12.5 Å². The molecule has 2 nitrogen and oxygen atoms in total. The van der Waals surface area contributed by atoms with Gasteiger partial charge in [-0.3, -0.25) is 4.98 Å². The van der Waals surface area contributed by atoms with Crippen LogP contribution < -0.4 is 5.73 Å². The maximum atomic E-state index is 5.73. The molecule has 2 rings (SSSR count). The molecule has 0 atom stereocenters. The summed E-state index contributed by atoms with van der Waals surface area (Å²) in [6.07, 6.45) is 2.78. The highest BCUT2D eigenvalue weighted by Crippen LogP contribution is 2.19. The van der Waals surface area contributed by atoms with E-state index in [-0.39, 0.29) is 0 Å². The van der Waals surface area contributed by atoms with E-state index in [9.17, 15) is 0 Å². The third-order valence-corrected chi connectivity index (χ3v) is 2.41. The summed E-state index contributed by atoms with van der Waals surface area (Å²) in [7, 11) is 0. The van der Waals surface area contributed by atoms with Crippen LogP contribution in [0.15, 0.2) is 42.6 Å². The van der Waals surface area contributed by atoms with Gasteiger partial charge in [0.1, 0.15) is 0 Å². The van der Waals surface area contributed by atoms with Crippen LogP contribution in [0.2, 0.25) is 0 Å². The van der Waals surface area contributed by atoms with E-state index in [0.717, 1.165) is 23.4 Å². The number of aryl methyl sites for hydroxylation is 1. The first kappa shape index (κ1) is 9.71. The molecule has 0 spiro atoms. The fourth-order valence-electron chi connectivity index (χ4n) is 1.56. The zero-order chi connectivity index (χ0) is 10.7. The molecule has 1 aromatic heterocycles. The first-order valence-electron chi connectivity index (χ1n) is 5.10. The van der Waals surface area contributed by atoms with Gasteiger partial charge >= 0.3 is 0 Å². The van der Waals surface area contributed by atoms with Crippen molar-refractivity contribution in [2.45, 2.75) is 13.3 Å². The van der Waals surface area contributed by atoms with Gasteiger partial charge in [-0.1, -0.05) is 25.1 Å². The Balaban J connectivity index is 2.44. The van der Waals surface area contributed by atoms with E-state index in [1.807, 2.05) is 6.07 Å². The molecule has 0 unspecified atom stereocenters. The maximum Gasteiger partial charge on any atom is 0.0722 e. The quantitative estimate of drug-likeness (QED) is 0.805. The second kappa shape index (κ2) is 4.13. The van der Waals surface area contributed by atoms with Crippen LogP contribution in [0.3, 0.4) is 0 Å². The smallest absolute Gasteiger partial charge is 0.0722 e. The van der Waals surface area contributed by atoms with E-state index in [2.05, 4.69) is 36.2 Å². The van der Waals surface area contributed by atoms with Crippen molar-refractivity contribution in [3.05, 3.63) is 48.2 Å². The van der Waals surface area contributed by atoms with Gasteiger partial charge in [-0.15, -0.1) is 0 Å². The Morgan fingerprint density at radius 3 is 2.80 bits per heavy atom. The lowest BCUT2D eigenvalue weighted by Crippen LogP contribution is -1.89. The fourth-order valence-corrected chi connectivity index (χ4v) is 1.56. The number of pyridine rings is 1. The Kier molecular flexibility index (Phi) is 2.68. The summed E-state index contributed by atoms with van der Waals surface area (Å²) in [5, 5.41) is 0. The van der Waals surface area contributed by atoms with E-state index >= 15 is 0 Å². The number of rotatable bonds is 2. The predicted octanol–water partition coefficient (Wildman–Crippen LogP) is 2.89. The third kappa shape index (κ3) is 2.15. The van der Waals surface area contributed by atoms with Crippen molar-refractivity contribution in [2.75, 3.05) is 5.73 Å². The largest absolute Gasteiger partial charge is 0.399 e. The van der Waals surface area contributed by atoms with Gasteiger partial charge in [-0.05, 0) is 30.2 Å². The summed E-state index contributed by atoms with van der Waals surface area (Å²) in [4.78, 5) is 4.31. The van der Waals surface area contributed by atoms with E-state index in [1.54, 1.807) is 12.3 Å². The lowest BCUT2D eigenvalue weighted by Gasteiger charge is -2.03. The van der Waals surface area contributed by atoms with Gasteiger partial charge < -0.3 is 5.73 Å². The van der Waals surface area contributed by atoms with Crippen molar-refractivity contribution in [3.63, 3.8) is 0 Å². The molecule has 0 saturated heterocycles. The van der Waals surface area contributed by atoms with Gasteiger partial charge in [0.05, 0.1) is 5.69 Å². The number of anilines is 1. The summed E-state index contributed by atoms with van der Waals surface area (Å²) in [6.45, 7) is 2.14. The van der Waals surface area contributed by atoms with Crippen LogP contribution in [0, 0.1) is 0 Å². The van der Waals surface area contributed by atoms with Crippen LogP contribution in [-0.4, -0.2) is 4.98 Å². The molecule has 0 bridgehead atoms. The van der Waals surface area contributed by atoms with Gasteiger partial charge in [0.25, 0.3) is 0 Å². The maximum absolute atomic E-state index is 5.73. The molecule has 1 heterocycles. The second-order valence-electron chi connectivity index (χ2n) is 3.53. The number of benzene rings is 1. The normalized spacial score (nSPS) is 10.2. The van der Waals surface area contributed by atoms with Crippen molar-refractivity contribution >= 4 is 5.69 Å². The second-order valence-corrected chi connectivity index (χ2v) is 3.53. The predicted molar refractivity (Wildman–Crippen MR) is 63.5 cm³/mol. The van der Waals surface area contributed by atoms with Crippen molar-refractivity contribution in [1.29, 1.82) is 0 Å². The van der Waals surface area contributed by atoms with Gasteiger partial charge in [-0.25, -0.2) is 0 Å². The van der Waals surface area contributed by atoms with Gasteiger partial charge in [0.2, 0.25) is 0 Å². The molecule has 15 heavy (non-hydrogen) atoms. The topological polar surface area (TPSA) is 38.9 Å². The highest BCUT2D eigenvalue weighted by Gasteiger charge is 1.99. The van der Waals surface area contributed by atoms with Crippen molar-refractivity contribution < 1.29 is 0 Å². The average Bonchev–Trinajstić information content (AvgIpc) is 2.29. The van der Waals surface area contributed by atoms with E-state index < -0.39 is 0 Å². The van der Waals surface area contributed by atoms with Crippen LogP contribution in [0.25, 0.3) is 11.3 Å². The minimum Gasteiger partial charge on any atom is -0.399 e. The zero-order valence-corrected chi connectivity index (χ0v) is 8.77.